The van der Waals surface area contributed by atoms with E-state index < -0.39 is 11.2 Å². The molecule has 0 aliphatic rings. The molecule has 0 aliphatic heterocycles. The van der Waals surface area contributed by atoms with Gasteiger partial charge in [0, 0.05) is 0 Å². The third-order valence-electron chi connectivity index (χ3n) is 4.23. The van der Waals surface area contributed by atoms with Gasteiger partial charge in [-0.3, -0.25) is 4.79 Å². The highest BCUT2D eigenvalue weighted by atomic mass is 32.2. The summed E-state index contributed by atoms with van der Waals surface area (Å²) in [5.74, 6) is 7.26. The molecule has 8 heteroatoms. The Hall–Kier alpha value is -3.00. The highest BCUT2D eigenvalue weighted by molar-refractivity contribution is 8.00. The van der Waals surface area contributed by atoms with Crippen LogP contribution in [-0.4, -0.2) is 20.8 Å². The van der Waals surface area contributed by atoms with E-state index in [4.69, 9.17) is 16.3 Å². The lowest BCUT2D eigenvalue weighted by Gasteiger charge is -2.13. The average molecular weight is 398 g/mol. The zero-order valence-electron chi connectivity index (χ0n) is 15.8. The van der Waals surface area contributed by atoms with E-state index in [0.717, 1.165) is 23.1 Å². The van der Waals surface area contributed by atoms with Gasteiger partial charge >= 0.3 is 0 Å². The van der Waals surface area contributed by atoms with Crippen LogP contribution >= 0.6 is 11.8 Å². The molecule has 0 radical (unpaired) electrons. The van der Waals surface area contributed by atoms with E-state index >= 15 is 0 Å². The van der Waals surface area contributed by atoms with Crippen LogP contribution in [0.15, 0.2) is 59.8 Å². The number of nitrogens with zero attached hydrogens (tertiary/aromatic N) is 3. The molecular weight excluding hydrogens is 374 g/mol. The summed E-state index contributed by atoms with van der Waals surface area (Å²) in [6.07, 6.45) is 0. The van der Waals surface area contributed by atoms with Crippen molar-refractivity contribution in [2.75, 3.05) is 5.84 Å². The number of aromatic nitrogens is 3. The second-order valence-corrected chi connectivity index (χ2v) is 7.66. The summed E-state index contributed by atoms with van der Waals surface area (Å²) in [5, 5.41) is 7.93. The summed E-state index contributed by atoms with van der Waals surface area (Å²) >= 11 is 1.16. The van der Waals surface area contributed by atoms with E-state index in [1.54, 1.807) is 0 Å². The average Bonchev–Trinajstić information content (AvgIpc) is 3.04. The topological polar surface area (TPSA) is 109 Å². The molecule has 0 fully saturated rings. The van der Waals surface area contributed by atoms with E-state index in [1.807, 2.05) is 54.6 Å². The van der Waals surface area contributed by atoms with Crippen LogP contribution in [0.5, 0.6) is 5.75 Å². The molecule has 0 aliphatic carbocycles. The van der Waals surface area contributed by atoms with Gasteiger partial charge in [0.2, 0.25) is 11.1 Å². The number of ether oxygens (including phenoxy) is 1. The SMILES string of the molecule is CC(C)c1ccc(OCc2nnc(SC(C(N)=O)c3ccccc3)n2N)cc1. The van der Waals surface area contributed by atoms with Crippen LogP contribution < -0.4 is 16.3 Å². The number of primary amides is 1. The lowest BCUT2D eigenvalue weighted by atomic mass is 10.0. The van der Waals surface area contributed by atoms with Gasteiger partial charge in [0.15, 0.2) is 5.82 Å². The van der Waals surface area contributed by atoms with Crippen molar-refractivity contribution in [3.8, 4) is 5.75 Å². The molecule has 146 valence electrons. The normalized spacial score (nSPS) is 12.1. The molecule has 1 aromatic heterocycles. The fraction of sp³-hybridized carbons (Fsp3) is 0.250. The summed E-state index contributed by atoms with van der Waals surface area (Å²) < 4.78 is 7.08. The van der Waals surface area contributed by atoms with Crippen LogP contribution in [-0.2, 0) is 11.4 Å². The fourth-order valence-electron chi connectivity index (χ4n) is 2.61. The lowest BCUT2D eigenvalue weighted by molar-refractivity contribution is -0.117. The Labute approximate surface area is 168 Å². The van der Waals surface area contributed by atoms with Crippen molar-refractivity contribution in [2.45, 2.75) is 36.8 Å². The standard InChI is InChI=1S/C20H23N5O2S/c1-13(2)14-8-10-16(11-9-14)27-12-17-23-24-20(25(17)22)28-18(19(21)26)15-6-4-3-5-7-15/h3-11,13,18H,12,22H2,1-2H3,(H2,21,26). The summed E-state index contributed by atoms with van der Waals surface area (Å²) in [4.78, 5) is 11.9. The van der Waals surface area contributed by atoms with Crippen molar-refractivity contribution in [1.29, 1.82) is 0 Å². The third-order valence-corrected chi connectivity index (χ3v) is 5.46. The first-order valence-electron chi connectivity index (χ1n) is 8.88. The minimum absolute atomic E-state index is 0.164. The molecule has 0 spiro atoms. The second kappa shape index (κ2) is 8.79. The molecule has 0 saturated heterocycles. The molecule has 3 aromatic rings. The van der Waals surface area contributed by atoms with Crippen LogP contribution in [0.25, 0.3) is 0 Å². The number of thioether (sulfide) groups is 1. The lowest BCUT2D eigenvalue weighted by Crippen LogP contribution is -2.21. The molecule has 0 saturated carbocycles. The molecule has 1 atom stereocenters. The van der Waals surface area contributed by atoms with Crippen LogP contribution in [0.4, 0.5) is 0 Å². The van der Waals surface area contributed by atoms with E-state index in [9.17, 15) is 4.79 Å². The van der Waals surface area contributed by atoms with Gasteiger partial charge in [-0.1, -0.05) is 68.1 Å². The van der Waals surface area contributed by atoms with Gasteiger partial charge in [0.25, 0.3) is 0 Å². The Balaban J connectivity index is 1.68. The van der Waals surface area contributed by atoms with Crippen molar-refractivity contribution in [3.05, 3.63) is 71.5 Å². The van der Waals surface area contributed by atoms with Gasteiger partial charge in [0.05, 0.1) is 0 Å². The summed E-state index contributed by atoms with van der Waals surface area (Å²) in [7, 11) is 0. The maximum Gasteiger partial charge on any atom is 0.235 e. The van der Waals surface area contributed by atoms with Crippen molar-refractivity contribution in [2.24, 2.45) is 5.73 Å². The number of nitrogens with two attached hydrogens (primary N) is 2. The zero-order valence-corrected chi connectivity index (χ0v) is 16.6. The van der Waals surface area contributed by atoms with Crippen molar-refractivity contribution in [1.82, 2.24) is 14.9 Å². The molecule has 1 amide bonds. The molecule has 7 nitrogen and oxygen atoms in total. The summed E-state index contributed by atoms with van der Waals surface area (Å²) in [5.41, 5.74) is 7.58. The molecule has 2 aromatic carbocycles. The van der Waals surface area contributed by atoms with E-state index in [2.05, 4.69) is 24.0 Å². The van der Waals surface area contributed by atoms with Crippen molar-refractivity contribution >= 4 is 17.7 Å². The van der Waals surface area contributed by atoms with Crippen LogP contribution in [0.2, 0.25) is 0 Å². The first-order chi connectivity index (χ1) is 13.5. The van der Waals surface area contributed by atoms with Crippen molar-refractivity contribution < 1.29 is 9.53 Å². The van der Waals surface area contributed by atoms with Gasteiger partial charge < -0.3 is 16.3 Å². The fourth-order valence-corrected chi connectivity index (χ4v) is 3.53. The van der Waals surface area contributed by atoms with E-state index in [-0.39, 0.29) is 6.61 Å². The monoisotopic (exact) mass is 397 g/mol. The molecule has 1 heterocycles. The van der Waals surface area contributed by atoms with Crippen LogP contribution in [0.1, 0.15) is 42.0 Å². The number of hydrogen-bond donors (Lipinski definition) is 2. The van der Waals surface area contributed by atoms with Crippen LogP contribution in [0, 0.1) is 0 Å². The molecule has 0 bridgehead atoms. The number of carbonyl (C=O) groups is 1. The molecule has 4 N–H and O–H groups in total. The predicted octanol–water partition coefficient (Wildman–Crippen LogP) is 3.01. The summed E-state index contributed by atoms with van der Waals surface area (Å²) in [6.45, 7) is 4.44. The smallest absolute Gasteiger partial charge is 0.235 e. The molecular formula is C20H23N5O2S. The number of amides is 1. The Morgan fingerprint density at radius 2 is 1.75 bits per heavy atom. The largest absolute Gasteiger partial charge is 0.486 e. The zero-order chi connectivity index (χ0) is 20.1. The first kappa shape index (κ1) is 19.8. The number of benzene rings is 2. The highest BCUT2D eigenvalue weighted by Crippen LogP contribution is 2.33. The Bertz CT molecular complexity index is 926. The Morgan fingerprint density at radius 3 is 2.36 bits per heavy atom. The van der Waals surface area contributed by atoms with Gasteiger partial charge in [-0.15, -0.1) is 10.2 Å². The second-order valence-electron chi connectivity index (χ2n) is 6.59. The molecule has 28 heavy (non-hydrogen) atoms. The number of hydrogen-bond acceptors (Lipinski definition) is 6. The van der Waals surface area contributed by atoms with Gasteiger partial charge in [0.1, 0.15) is 17.6 Å². The van der Waals surface area contributed by atoms with E-state index in [1.165, 1.54) is 10.2 Å². The minimum atomic E-state index is -0.606. The highest BCUT2D eigenvalue weighted by Gasteiger charge is 2.23. The van der Waals surface area contributed by atoms with Gasteiger partial charge in [-0.2, -0.15) is 0 Å². The number of carbonyl (C=O) groups excluding carboxylic acids is 1. The minimum Gasteiger partial charge on any atom is -0.486 e. The van der Waals surface area contributed by atoms with Gasteiger partial charge in [-0.05, 0) is 29.2 Å². The maximum atomic E-state index is 11.9. The quantitative estimate of drug-likeness (QED) is 0.447. The molecule has 3 rings (SSSR count). The Kier molecular flexibility index (Phi) is 6.20. The number of rotatable bonds is 8. The van der Waals surface area contributed by atoms with E-state index in [0.29, 0.717) is 16.9 Å². The maximum absolute atomic E-state index is 11.9. The van der Waals surface area contributed by atoms with Gasteiger partial charge in [-0.25, -0.2) is 4.68 Å². The first-order valence-corrected chi connectivity index (χ1v) is 9.76. The van der Waals surface area contributed by atoms with Crippen molar-refractivity contribution in [3.63, 3.8) is 0 Å². The number of nitrogen functional groups attached to an aromatic ring is 1. The Morgan fingerprint density at radius 1 is 1.07 bits per heavy atom. The van der Waals surface area contributed by atoms with Crippen LogP contribution in [0.3, 0.4) is 0 Å². The predicted molar refractivity (Wildman–Crippen MR) is 109 cm³/mol. The summed E-state index contributed by atoms with van der Waals surface area (Å²) in [6, 6.07) is 17.2. The third kappa shape index (κ3) is 4.64. The molecule has 1 unspecified atom stereocenters.